The van der Waals surface area contributed by atoms with E-state index in [0.29, 0.717) is 6.54 Å². The van der Waals surface area contributed by atoms with Crippen LogP contribution < -0.4 is 10.6 Å². The summed E-state index contributed by atoms with van der Waals surface area (Å²) in [6.07, 6.45) is 4.48. The van der Waals surface area contributed by atoms with Crippen LogP contribution in [0.1, 0.15) is 37.7 Å². The van der Waals surface area contributed by atoms with Crippen molar-refractivity contribution in [2.24, 2.45) is 0 Å². The molecule has 2 amide bonds. The number of urea groups is 1. The van der Waals surface area contributed by atoms with Crippen molar-refractivity contribution in [3.05, 3.63) is 35.6 Å². The second-order valence-corrected chi connectivity index (χ2v) is 5.64. The average Bonchev–Trinajstić information content (AvgIpc) is 2.46. The minimum Gasteiger partial charge on any atom is -0.393 e. The first kappa shape index (κ1) is 15.8. The summed E-state index contributed by atoms with van der Waals surface area (Å²) >= 11 is 0. The molecule has 4 nitrogen and oxygen atoms in total. The summed E-state index contributed by atoms with van der Waals surface area (Å²) in [5, 5.41) is 15.2. The summed E-state index contributed by atoms with van der Waals surface area (Å²) in [6.45, 7) is 0.567. The normalized spacial score (nSPS) is 21.8. The lowest BCUT2D eigenvalue weighted by Gasteiger charge is -2.26. The third kappa shape index (κ3) is 5.71. The first-order chi connectivity index (χ1) is 10.1. The zero-order valence-corrected chi connectivity index (χ0v) is 12.1. The fraction of sp³-hybridized carbons (Fsp3) is 0.562. The second kappa shape index (κ2) is 7.98. The lowest BCUT2D eigenvalue weighted by atomic mass is 9.93. The van der Waals surface area contributed by atoms with Crippen LogP contribution in [-0.2, 0) is 6.42 Å². The molecule has 0 aromatic heterocycles. The monoisotopic (exact) mass is 294 g/mol. The van der Waals surface area contributed by atoms with Crippen LogP contribution in [0.5, 0.6) is 0 Å². The van der Waals surface area contributed by atoms with Gasteiger partial charge in [0.05, 0.1) is 6.10 Å². The van der Waals surface area contributed by atoms with Gasteiger partial charge in [0.15, 0.2) is 0 Å². The highest BCUT2D eigenvalue weighted by molar-refractivity contribution is 5.74. The maximum Gasteiger partial charge on any atom is 0.315 e. The molecule has 1 saturated carbocycles. The zero-order valence-electron chi connectivity index (χ0n) is 12.1. The maximum absolute atomic E-state index is 13.0. The molecule has 21 heavy (non-hydrogen) atoms. The molecule has 0 spiro atoms. The smallest absolute Gasteiger partial charge is 0.315 e. The molecule has 0 saturated heterocycles. The molecule has 1 fully saturated rings. The SMILES string of the molecule is O=C(NCCCc1cccc(F)c1)NC1CCC(O)CC1. The van der Waals surface area contributed by atoms with Crippen molar-refractivity contribution in [3.8, 4) is 0 Å². The number of rotatable bonds is 5. The largest absolute Gasteiger partial charge is 0.393 e. The van der Waals surface area contributed by atoms with Gasteiger partial charge in [0.2, 0.25) is 0 Å². The van der Waals surface area contributed by atoms with Crippen LogP contribution in [0, 0.1) is 5.82 Å². The number of hydrogen-bond donors (Lipinski definition) is 3. The Morgan fingerprint density at radius 1 is 1.29 bits per heavy atom. The number of carbonyl (C=O) groups excluding carboxylic acids is 1. The van der Waals surface area contributed by atoms with Gasteiger partial charge in [-0.25, -0.2) is 9.18 Å². The average molecular weight is 294 g/mol. The highest BCUT2D eigenvalue weighted by atomic mass is 19.1. The number of aryl methyl sites for hydroxylation is 1. The lowest BCUT2D eigenvalue weighted by molar-refractivity contribution is 0.117. The molecule has 0 radical (unpaired) electrons. The zero-order chi connectivity index (χ0) is 15.1. The molecular formula is C16H23FN2O2. The summed E-state index contributed by atoms with van der Waals surface area (Å²) in [6, 6.07) is 6.54. The van der Waals surface area contributed by atoms with Gasteiger partial charge in [-0.05, 0) is 56.2 Å². The number of halogens is 1. The Morgan fingerprint density at radius 2 is 2.05 bits per heavy atom. The highest BCUT2D eigenvalue weighted by Gasteiger charge is 2.20. The summed E-state index contributed by atoms with van der Waals surface area (Å²) in [5.41, 5.74) is 0.943. The Hall–Kier alpha value is -1.62. The Kier molecular flexibility index (Phi) is 5.99. The van der Waals surface area contributed by atoms with E-state index in [4.69, 9.17) is 0 Å². The van der Waals surface area contributed by atoms with Crippen LogP contribution in [0.3, 0.4) is 0 Å². The molecule has 1 aliphatic carbocycles. The van der Waals surface area contributed by atoms with Gasteiger partial charge >= 0.3 is 6.03 Å². The van der Waals surface area contributed by atoms with E-state index in [-0.39, 0.29) is 24.0 Å². The lowest BCUT2D eigenvalue weighted by Crippen LogP contribution is -2.44. The van der Waals surface area contributed by atoms with Gasteiger partial charge in [-0.3, -0.25) is 0 Å². The molecule has 0 heterocycles. The third-order valence-corrected chi connectivity index (χ3v) is 3.85. The van der Waals surface area contributed by atoms with Crippen molar-refractivity contribution in [3.63, 3.8) is 0 Å². The summed E-state index contributed by atoms with van der Waals surface area (Å²) in [5.74, 6) is -0.224. The molecule has 5 heteroatoms. The van der Waals surface area contributed by atoms with E-state index < -0.39 is 0 Å². The first-order valence-electron chi connectivity index (χ1n) is 7.60. The van der Waals surface area contributed by atoms with E-state index in [9.17, 15) is 14.3 Å². The van der Waals surface area contributed by atoms with Gasteiger partial charge < -0.3 is 15.7 Å². The number of nitrogens with one attached hydrogen (secondary N) is 2. The fourth-order valence-electron chi connectivity index (χ4n) is 2.64. The van der Waals surface area contributed by atoms with Crippen LogP contribution in [-0.4, -0.2) is 29.8 Å². The molecule has 1 aromatic rings. The minimum atomic E-state index is -0.224. The molecule has 0 unspecified atom stereocenters. The number of carbonyl (C=O) groups is 1. The van der Waals surface area contributed by atoms with E-state index in [1.807, 2.05) is 6.07 Å². The Morgan fingerprint density at radius 3 is 2.76 bits per heavy atom. The van der Waals surface area contributed by atoms with E-state index in [1.165, 1.54) is 12.1 Å². The molecule has 2 rings (SSSR count). The quantitative estimate of drug-likeness (QED) is 0.730. The molecular weight excluding hydrogens is 271 g/mol. The molecule has 116 valence electrons. The number of hydrogen-bond acceptors (Lipinski definition) is 2. The van der Waals surface area contributed by atoms with Crippen LogP contribution in [0.15, 0.2) is 24.3 Å². The van der Waals surface area contributed by atoms with Crippen LogP contribution in [0.4, 0.5) is 9.18 Å². The summed E-state index contributed by atoms with van der Waals surface area (Å²) < 4.78 is 13.0. The van der Waals surface area contributed by atoms with Gasteiger partial charge in [-0.2, -0.15) is 0 Å². The van der Waals surface area contributed by atoms with Crippen molar-refractivity contribution in [2.45, 2.75) is 50.7 Å². The van der Waals surface area contributed by atoms with Crippen molar-refractivity contribution in [1.82, 2.24) is 10.6 Å². The Balaban J connectivity index is 1.59. The fourth-order valence-corrected chi connectivity index (χ4v) is 2.64. The molecule has 0 atom stereocenters. The van der Waals surface area contributed by atoms with Gasteiger partial charge in [0.1, 0.15) is 5.82 Å². The van der Waals surface area contributed by atoms with Crippen LogP contribution >= 0.6 is 0 Å². The Bertz CT molecular complexity index is 459. The molecule has 1 aromatic carbocycles. The molecule has 3 N–H and O–H groups in total. The van der Waals surface area contributed by atoms with E-state index in [0.717, 1.165) is 44.1 Å². The van der Waals surface area contributed by atoms with Crippen molar-refractivity contribution in [1.29, 1.82) is 0 Å². The summed E-state index contributed by atoms with van der Waals surface area (Å²) in [7, 11) is 0. The number of aliphatic hydroxyl groups is 1. The second-order valence-electron chi connectivity index (χ2n) is 5.64. The third-order valence-electron chi connectivity index (χ3n) is 3.85. The number of amides is 2. The highest BCUT2D eigenvalue weighted by Crippen LogP contribution is 2.18. The predicted molar refractivity (Wildman–Crippen MR) is 79.5 cm³/mol. The number of benzene rings is 1. The topological polar surface area (TPSA) is 61.4 Å². The van der Waals surface area contributed by atoms with Crippen molar-refractivity contribution in [2.75, 3.05) is 6.54 Å². The molecule has 0 bridgehead atoms. The van der Waals surface area contributed by atoms with E-state index >= 15 is 0 Å². The van der Waals surface area contributed by atoms with Gasteiger partial charge in [0.25, 0.3) is 0 Å². The maximum atomic E-state index is 13.0. The molecule has 1 aliphatic rings. The summed E-state index contributed by atoms with van der Waals surface area (Å²) in [4.78, 5) is 11.7. The van der Waals surface area contributed by atoms with E-state index in [1.54, 1.807) is 6.07 Å². The van der Waals surface area contributed by atoms with Crippen molar-refractivity contribution < 1.29 is 14.3 Å². The Labute approximate surface area is 124 Å². The van der Waals surface area contributed by atoms with E-state index in [2.05, 4.69) is 10.6 Å². The number of aliphatic hydroxyl groups excluding tert-OH is 1. The van der Waals surface area contributed by atoms with Crippen LogP contribution in [0.2, 0.25) is 0 Å². The first-order valence-corrected chi connectivity index (χ1v) is 7.60. The van der Waals surface area contributed by atoms with Gasteiger partial charge in [-0.15, -0.1) is 0 Å². The molecule has 0 aliphatic heterocycles. The predicted octanol–water partition coefficient (Wildman–Crippen LogP) is 2.36. The standard InChI is InChI=1S/C16H23FN2O2/c17-13-5-1-3-12(11-13)4-2-10-18-16(21)19-14-6-8-15(20)9-7-14/h1,3,5,11,14-15,20H,2,4,6-10H2,(H2,18,19,21). The van der Waals surface area contributed by atoms with Crippen LogP contribution in [0.25, 0.3) is 0 Å². The van der Waals surface area contributed by atoms with Gasteiger partial charge in [-0.1, -0.05) is 12.1 Å². The van der Waals surface area contributed by atoms with Gasteiger partial charge in [0, 0.05) is 12.6 Å². The minimum absolute atomic E-state index is 0.157. The van der Waals surface area contributed by atoms with Crippen molar-refractivity contribution >= 4 is 6.03 Å².